The summed E-state index contributed by atoms with van der Waals surface area (Å²) in [5.41, 5.74) is 9.67. The maximum Gasteiger partial charge on any atom is 0.408 e. The minimum Gasteiger partial charge on any atom is -0.444 e. The standard InChI is InChI=1S/C11H21N5O4/c1-11(2,3)20-10(19)16-6-9(18)15-4-7(12)14-5-8(13)17/h4-6H2,1-3H3,(H2,12,14)(H2,13,17)(H,15,18)(H,16,19). The summed E-state index contributed by atoms with van der Waals surface area (Å²) in [6.07, 6.45) is -0.692. The average molecular weight is 287 g/mol. The second kappa shape index (κ2) is 7.97. The van der Waals surface area contributed by atoms with Crippen molar-refractivity contribution in [1.29, 1.82) is 0 Å². The fraction of sp³-hybridized carbons (Fsp3) is 0.636. The minimum atomic E-state index is -0.692. The molecular weight excluding hydrogens is 266 g/mol. The van der Waals surface area contributed by atoms with E-state index in [9.17, 15) is 14.4 Å². The lowest BCUT2D eigenvalue weighted by molar-refractivity contribution is -0.120. The molecule has 0 aromatic heterocycles. The van der Waals surface area contributed by atoms with E-state index in [0.29, 0.717) is 0 Å². The van der Waals surface area contributed by atoms with Gasteiger partial charge in [0, 0.05) is 0 Å². The highest BCUT2D eigenvalue weighted by molar-refractivity contribution is 5.90. The zero-order chi connectivity index (χ0) is 15.8. The number of carbonyl (C=O) groups is 3. The van der Waals surface area contributed by atoms with Crippen LogP contribution in [0, 0.1) is 0 Å². The van der Waals surface area contributed by atoms with Crippen LogP contribution in [-0.2, 0) is 14.3 Å². The first kappa shape index (κ1) is 17.7. The number of primary amides is 1. The quantitative estimate of drug-likeness (QED) is 0.345. The van der Waals surface area contributed by atoms with Gasteiger partial charge in [-0.15, -0.1) is 0 Å². The third-order valence-electron chi connectivity index (χ3n) is 1.70. The largest absolute Gasteiger partial charge is 0.444 e. The van der Waals surface area contributed by atoms with E-state index in [4.69, 9.17) is 16.2 Å². The van der Waals surface area contributed by atoms with E-state index < -0.39 is 23.5 Å². The first-order chi connectivity index (χ1) is 9.10. The van der Waals surface area contributed by atoms with Crippen molar-refractivity contribution < 1.29 is 19.1 Å². The predicted octanol–water partition coefficient (Wildman–Crippen LogP) is -1.53. The molecular formula is C11H21N5O4. The molecule has 0 aromatic carbocycles. The normalized spacial score (nSPS) is 11.7. The smallest absolute Gasteiger partial charge is 0.408 e. The third-order valence-corrected chi connectivity index (χ3v) is 1.70. The lowest BCUT2D eigenvalue weighted by Gasteiger charge is -2.19. The van der Waals surface area contributed by atoms with Gasteiger partial charge in [0.25, 0.3) is 0 Å². The maximum absolute atomic E-state index is 11.4. The first-order valence-electron chi connectivity index (χ1n) is 5.91. The summed E-state index contributed by atoms with van der Waals surface area (Å²) in [4.78, 5) is 36.7. The highest BCUT2D eigenvalue weighted by Crippen LogP contribution is 2.05. The SMILES string of the molecule is CC(C)(C)OC(=O)NCC(=O)NCC(N)=NCC(N)=O. The summed E-state index contributed by atoms with van der Waals surface area (Å²) in [5, 5.41) is 4.69. The molecule has 0 fully saturated rings. The van der Waals surface area contributed by atoms with Crippen molar-refractivity contribution in [1.82, 2.24) is 10.6 Å². The fourth-order valence-electron chi connectivity index (χ4n) is 0.954. The number of hydrogen-bond acceptors (Lipinski definition) is 5. The van der Waals surface area contributed by atoms with Crippen LogP contribution >= 0.6 is 0 Å². The van der Waals surface area contributed by atoms with E-state index in [0.717, 1.165) is 0 Å². The van der Waals surface area contributed by atoms with Gasteiger partial charge in [0.05, 0.1) is 6.54 Å². The Hall–Kier alpha value is -2.32. The molecule has 0 heterocycles. The molecule has 9 heteroatoms. The summed E-state index contributed by atoms with van der Waals surface area (Å²) >= 11 is 0. The van der Waals surface area contributed by atoms with Crippen molar-refractivity contribution in [2.24, 2.45) is 16.5 Å². The van der Waals surface area contributed by atoms with Crippen LogP contribution in [0.2, 0.25) is 0 Å². The Morgan fingerprint density at radius 2 is 1.70 bits per heavy atom. The van der Waals surface area contributed by atoms with Gasteiger partial charge in [-0.2, -0.15) is 0 Å². The minimum absolute atomic E-state index is 0.0396. The summed E-state index contributed by atoms with van der Waals surface area (Å²) < 4.78 is 4.95. The molecule has 0 aliphatic rings. The second-order valence-electron chi connectivity index (χ2n) is 4.91. The van der Waals surface area contributed by atoms with Gasteiger partial charge in [-0.1, -0.05) is 0 Å². The van der Waals surface area contributed by atoms with Gasteiger partial charge in [0.1, 0.15) is 24.5 Å². The van der Waals surface area contributed by atoms with E-state index in [2.05, 4.69) is 15.6 Å². The molecule has 0 rings (SSSR count). The number of nitrogens with zero attached hydrogens (tertiary/aromatic N) is 1. The van der Waals surface area contributed by atoms with Crippen molar-refractivity contribution >= 4 is 23.7 Å². The third kappa shape index (κ3) is 10.8. The van der Waals surface area contributed by atoms with E-state index in [1.807, 2.05) is 0 Å². The van der Waals surface area contributed by atoms with Crippen LogP contribution in [0.1, 0.15) is 20.8 Å². The van der Waals surface area contributed by atoms with Gasteiger partial charge in [0.15, 0.2) is 0 Å². The van der Waals surface area contributed by atoms with E-state index in [-0.39, 0.29) is 25.5 Å². The number of carbonyl (C=O) groups excluding carboxylic acids is 3. The molecule has 0 saturated carbocycles. The van der Waals surface area contributed by atoms with E-state index in [1.54, 1.807) is 20.8 Å². The number of alkyl carbamates (subject to hydrolysis) is 1. The number of rotatable bonds is 6. The summed E-state index contributed by atoms with van der Waals surface area (Å²) in [6.45, 7) is 4.60. The lowest BCUT2D eigenvalue weighted by atomic mass is 10.2. The zero-order valence-electron chi connectivity index (χ0n) is 11.9. The molecule has 0 aromatic rings. The average Bonchev–Trinajstić information content (AvgIpc) is 2.29. The zero-order valence-corrected chi connectivity index (χ0v) is 11.9. The second-order valence-corrected chi connectivity index (χ2v) is 4.91. The fourth-order valence-corrected chi connectivity index (χ4v) is 0.954. The number of hydrogen-bond donors (Lipinski definition) is 4. The highest BCUT2D eigenvalue weighted by atomic mass is 16.6. The molecule has 3 amide bonds. The van der Waals surface area contributed by atoms with Crippen LogP contribution < -0.4 is 22.1 Å². The summed E-state index contributed by atoms with van der Waals surface area (Å²) in [5.74, 6) is -1.02. The Bertz CT molecular complexity index is 400. The van der Waals surface area contributed by atoms with Crippen molar-refractivity contribution in [3.63, 3.8) is 0 Å². The molecule has 114 valence electrons. The molecule has 0 atom stereocenters. The number of amidine groups is 1. The van der Waals surface area contributed by atoms with Crippen LogP contribution in [0.15, 0.2) is 4.99 Å². The van der Waals surface area contributed by atoms with Crippen LogP contribution in [0.3, 0.4) is 0 Å². The molecule has 0 bridgehead atoms. The topological polar surface area (TPSA) is 149 Å². The molecule has 0 saturated heterocycles. The van der Waals surface area contributed by atoms with E-state index in [1.165, 1.54) is 0 Å². The van der Waals surface area contributed by atoms with Crippen LogP contribution in [0.4, 0.5) is 4.79 Å². The van der Waals surface area contributed by atoms with Crippen LogP contribution in [0.25, 0.3) is 0 Å². The molecule has 0 aliphatic heterocycles. The van der Waals surface area contributed by atoms with Crippen LogP contribution in [-0.4, -0.2) is 49.0 Å². The Balaban J connectivity index is 3.93. The monoisotopic (exact) mass is 287 g/mol. The molecule has 0 radical (unpaired) electrons. The Kier molecular flexibility index (Phi) is 7.05. The van der Waals surface area contributed by atoms with Crippen LogP contribution in [0.5, 0.6) is 0 Å². The van der Waals surface area contributed by atoms with Gasteiger partial charge >= 0.3 is 6.09 Å². The predicted molar refractivity (Wildman–Crippen MR) is 72.9 cm³/mol. The number of aliphatic imine (C=N–C) groups is 1. The van der Waals surface area contributed by atoms with Gasteiger partial charge in [-0.05, 0) is 20.8 Å². The lowest BCUT2D eigenvalue weighted by Crippen LogP contribution is -2.42. The molecule has 9 nitrogen and oxygen atoms in total. The Labute approximate surface area is 117 Å². The molecule has 0 aliphatic carbocycles. The number of nitrogens with one attached hydrogen (secondary N) is 2. The Morgan fingerprint density at radius 3 is 2.20 bits per heavy atom. The molecule has 0 unspecified atom stereocenters. The summed E-state index contributed by atoms with van der Waals surface area (Å²) in [6, 6.07) is 0. The van der Waals surface area contributed by atoms with Gasteiger partial charge < -0.3 is 26.8 Å². The maximum atomic E-state index is 11.4. The van der Waals surface area contributed by atoms with E-state index >= 15 is 0 Å². The number of amides is 3. The molecule has 0 spiro atoms. The number of ether oxygens (including phenoxy) is 1. The summed E-state index contributed by atoms with van der Waals surface area (Å²) in [7, 11) is 0. The Morgan fingerprint density at radius 1 is 1.10 bits per heavy atom. The number of nitrogens with two attached hydrogens (primary N) is 2. The molecule has 20 heavy (non-hydrogen) atoms. The van der Waals surface area contributed by atoms with Crippen molar-refractivity contribution in [2.45, 2.75) is 26.4 Å². The van der Waals surface area contributed by atoms with Gasteiger partial charge in [0.2, 0.25) is 11.8 Å². The molecule has 6 N–H and O–H groups in total. The highest BCUT2D eigenvalue weighted by Gasteiger charge is 2.16. The van der Waals surface area contributed by atoms with Crippen molar-refractivity contribution in [3.8, 4) is 0 Å². The first-order valence-corrected chi connectivity index (χ1v) is 5.91. The van der Waals surface area contributed by atoms with Crippen molar-refractivity contribution in [3.05, 3.63) is 0 Å². The van der Waals surface area contributed by atoms with Crippen molar-refractivity contribution in [2.75, 3.05) is 19.6 Å². The van der Waals surface area contributed by atoms with Gasteiger partial charge in [-0.3, -0.25) is 14.6 Å². The van der Waals surface area contributed by atoms with Gasteiger partial charge in [-0.25, -0.2) is 4.79 Å².